The highest BCUT2D eigenvalue weighted by Crippen LogP contribution is 2.23. The number of rotatable bonds is 5. The number of aliphatic hydroxyl groups is 1. The zero-order valence-corrected chi connectivity index (χ0v) is 14.1. The summed E-state index contributed by atoms with van der Waals surface area (Å²) in [6.07, 6.45) is 3.44. The first-order valence-corrected chi connectivity index (χ1v) is 8.22. The van der Waals surface area contributed by atoms with Gasteiger partial charge in [-0.1, -0.05) is 11.3 Å². The third-order valence-corrected chi connectivity index (χ3v) is 4.44. The molecule has 0 bridgehead atoms. The molecule has 2 heterocycles. The van der Waals surface area contributed by atoms with Crippen LogP contribution in [0.15, 0.2) is 24.4 Å². The smallest absolute Gasteiger partial charge is 0.227 e. The number of carbonyl (C=O) groups is 1. The van der Waals surface area contributed by atoms with Gasteiger partial charge in [-0.15, -0.1) is 5.10 Å². The Bertz CT molecular complexity index is 749. The Hall–Kier alpha value is -2.48. The molecule has 0 saturated carbocycles. The number of ether oxygens (including phenoxy) is 1. The van der Waals surface area contributed by atoms with Gasteiger partial charge in [-0.2, -0.15) is 0 Å². The van der Waals surface area contributed by atoms with Gasteiger partial charge in [-0.05, 0) is 24.5 Å². The number of carbonyl (C=O) groups excluding carboxylic acids is 1. The fraction of sp³-hybridized carbons (Fsp3) is 0.471. The Morgan fingerprint density at radius 1 is 1.48 bits per heavy atom. The number of aliphatic hydroxyl groups excluding tert-OH is 1. The van der Waals surface area contributed by atoms with E-state index in [9.17, 15) is 9.18 Å². The Balaban J connectivity index is 1.65. The number of hydrogen-bond acceptors (Lipinski definition) is 5. The molecule has 1 fully saturated rings. The van der Waals surface area contributed by atoms with Crippen molar-refractivity contribution in [1.82, 2.24) is 19.9 Å². The van der Waals surface area contributed by atoms with E-state index in [1.165, 1.54) is 13.2 Å². The fourth-order valence-corrected chi connectivity index (χ4v) is 3.03. The van der Waals surface area contributed by atoms with E-state index in [0.29, 0.717) is 30.1 Å². The van der Waals surface area contributed by atoms with E-state index in [2.05, 4.69) is 10.3 Å². The predicted molar refractivity (Wildman–Crippen MR) is 87.5 cm³/mol. The lowest BCUT2D eigenvalue weighted by Crippen LogP contribution is -2.41. The molecule has 1 aromatic carbocycles. The maximum atomic E-state index is 14.1. The maximum absolute atomic E-state index is 14.1. The lowest BCUT2D eigenvalue weighted by Gasteiger charge is -2.32. The second-order valence-electron chi connectivity index (χ2n) is 6.12. The second-order valence-corrected chi connectivity index (χ2v) is 6.12. The Labute approximate surface area is 145 Å². The number of methoxy groups -OCH3 is 1. The summed E-state index contributed by atoms with van der Waals surface area (Å²) in [5.41, 5.74) is 0.861. The van der Waals surface area contributed by atoms with Crippen LogP contribution in [0.25, 0.3) is 0 Å². The lowest BCUT2D eigenvalue weighted by molar-refractivity contribution is -0.132. The standard InChI is InChI=1S/C17H21FN4O3/c1-25-15-5-4-12(16(18)8-15)7-17(24)21-6-2-3-14(10-21)22-9-13(11-23)19-20-22/h4-5,8-9,14,23H,2-3,6-7,10-11H2,1H3. The van der Waals surface area contributed by atoms with E-state index in [1.54, 1.807) is 27.9 Å². The van der Waals surface area contributed by atoms with Crippen molar-refractivity contribution in [3.63, 3.8) is 0 Å². The van der Waals surface area contributed by atoms with Crippen molar-refractivity contribution < 1.29 is 19.0 Å². The van der Waals surface area contributed by atoms with Crippen LogP contribution in [0.3, 0.4) is 0 Å². The SMILES string of the molecule is COc1ccc(CC(=O)N2CCCC(n3cc(CO)nn3)C2)c(F)c1. The molecule has 0 aliphatic carbocycles. The van der Waals surface area contributed by atoms with Crippen LogP contribution < -0.4 is 4.74 Å². The van der Waals surface area contributed by atoms with Crippen LogP contribution in [-0.4, -0.2) is 51.1 Å². The molecule has 2 aromatic rings. The molecule has 25 heavy (non-hydrogen) atoms. The van der Waals surface area contributed by atoms with Gasteiger partial charge in [0.1, 0.15) is 17.3 Å². The minimum Gasteiger partial charge on any atom is -0.497 e. The summed E-state index contributed by atoms with van der Waals surface area (Å²) in [6.45, 7) is 0.992. The quantitative estimate of drug-likeness (QED) is 0.882. The van der Waals surface area contributed by atoms with Gasteiger partial charge in [0.25, 0.3) is 0 Å². The van der Waals surface area contributed by atoms with Crippen molar-refractivity contribution in [2.45, 2.75) is 31.9 Å². The monoisotopic (exact) mass is 348 g/mol. The molecule has 3 rings (SSSR count). The predicted octanol–water partition coefficient (Wildman–Crippen LogP) is 1.32. The Morgan fingerprint density at radius 2 is 2.32 bits per heavy atom. The highest BCUT2D eigenvalue weighted by Gasteiger charge is 2.26. The van der Waals surface area contributed by atoms with Crippen LogP contribution in [0.1, 0.15) is 30.1 Å². The molecule has 1 atom stereocenters. The van der Waals surface area contributed by atoms with Gasteiger partial charge in [0, 0.05) is 19.2 Å². The van der Waals surface area contributed by atoms with Gasteiger partial charge in [0.05, 0.1) is 32.4 Å². The maximum Gasteiger partial charge on any atom is 0.227 e. The van der Waals surface area contributed by atoms with Gasteiger partial charge < -0.3 is 14.7 Å². The Kier molecular flexibility index (Phi) is 5.28. The van der Waals surface area contributed by atoms with E-state index in [1.807, 2.05) is 0 Å². The summed E-state index contributed by atoms with van der Waals surface area (Å²) in [5, 5.41) is 17.0. The molecule has 1 N–H and O–H groups in total. The van der Waals surface area contributed by atoms with Gasteiger partial charge in [0.2, 0.25) is 5.91 Å². The van der Waals surface area contributed by atoms with Crippen LogP contribution in [0.4, 0.5) is 4.39 Å². The van der Waals surface area contributed by atoms with Gasteiger partial charge in [-0.25, -0.2) is 9.07 Å². The number of halogens is 1. The number of hydrogen-bond donors (Lipinski definition) is 1. The van der Waals surface area contributed by atoms with Gasteiger partial charge in [0.15, 0.2) is 0 Å². The van der Waals surface area contributed by atoms with Crippen molar-refractivity contribution in [1.29, 1.82) is 0 Å². The molecule has 1 unspecified atom stereocenters. The molecular weight excluding hydrogens is 327 g/mol. The van der Waals surface area contributed by atoms with Crippen molar-refractivity contribution in [2.24, 2.45) is 0 Å². The van der Waals surface area contributed by atoms with Gasteiger partial charge in [-0.3, -0.25) is 4.79 Å². The number of aromatic nitrogens is 3. The molecule has 1 aliphatic heterocycles. The van der Waals surface area contributed by atoms with Crippen LogP contribution in [-0.2, 0) is 17.8 Å². The third-order valence-electron chi connectivity index (χ3n) is 4.44. The first kappa shape index (κ1) is 17.3. The number of benzene rings is 1. The molecule has 1 aromatic heterocycles. The van der Waals surface area contributed by atoms with Crippen molar-refractivity contribution >= 4 is 5.91 Å². The molecule has 1 saturated heterocycles. The van der Waals surface area contributed by atoms with Crippen LogP contribution in [0.2, 0.25) is 0 Å². The summed E-state index contributed by atoms with van der Waals surface area (Å²) in [7, 11) is 1.47. The summed E-state index contributed by atoms with van der Waals surface area (Å²) < 4.78 is 20.7. The minimum absolute atomic E-state index is 0.0157. The summed E-state index contributed by atoms with van der Waals surface area (Å²) in [5.74, 6) is -0.126. The average Bonchev–Trinajstić information content (AvgIpc) is 3.12. The van der Waals surface area contributed by atoms with Crippen molar-refractivity contribution in [3.8, 4) is 5.75 Å². The number of amides is 1. The lowest BCUT2D eigenvalue weighted by atomic mass is 10.0. The van der Waals surface area contributed by atoms with E-state index in [-0.39, 0.29) is 25.0 Å². The Morgan fingerprint density at radius 3 is 3.00 bits per heavy atom. The molecule has 8 heteroatoms. The van der Waals surface area contributed by atoms with E-state index in [4.69, 9.17) is 9.84 Å². The molecule has 1 amide bonds. The summed E-state index contributed by atoms with van der Waals surface area (Å²) in [6, 6.07) is 4.54. The van der Waals surface area contributed by atoms with Crippen LogP contribution in [0.5, 0.6) is 5.75 Å². The highest BCUT2D eigenvalue weighted by atomic mass is 19.1. The number of piperidine rings is 1. The van der Waals surface area contributed by atoms with Crippen molar-refractivity contribution in [2.75, 3.05) is 20.2 Å². The molecule has 7 nitrogen and oxygen atoms in total. The molecule has 134 valence electrons. The third kappa shape index (κ3) is 3.96. The minimum atomic E-state index is -0.440. The first-order valence-electron chi connectivity index (χ1n) is 8.22. The first-order chi connectivity index (χ1) is 12.1. The molecule has 1 aliphatic rings. The summed E-state index contributed by atoms with van der Waals surface area (Å²) >= 11 is 0. The number of nitrogens with zero attached hydrogens (tertiary/aromatic N) is 4. The van der Waals surface area contributed by atoms with E-state index < -0.39 is 5.82 Å². The average molecular weight is 348 g/mol. The summed E-state index contributed by atoms with van der Waals surface area (Å²) in [4.78, 5) is 14.3. The largest absolute Gasteiger partial charge is 0.497 e. The number of likely N-dealkylation sites (tertiary alicyclic amines) is 1. The van der Waals surface area contributed by atoms with Crippen LogP contribution >= 0.6 is 0 Å². The zero-order valence-electron chi connectivity index (χ0n) is 14.1. The normalized spacial score (nSPS) is 17.6. The topological polar surface area (TPSA) is 80.5 Å². The molecule has 0 spiro atoms. The van der Waals surface area contributed by atoms with E-state index in [0.717, 1.165) is 12.8 Å². The zero-order chi connectivity index (χ0) is 17.8. The second kappa shape index (κ2) is 7.60. The van der Waals surface area contributed by atoms with Crippen LogP contribution in [0, 0.1) is 5.82 Å². The van der Waals surface area contributed by atoms with E-state index >= 15 is 0 Å². The molecular formula is C17H21FN4O3. The fourth-order valence-electron chi connectivity index (χ4n) is 3.03. The van der Waals surface area contributed by atoms with Crippen molar-refractivity contribution in [3.05, 3.63) is 41.5 Å². The molecule has 0 radical (unpaired) electrons. The highest BCUT2D eigenvalue weighted by molar-refractivity contribution is 5.79. The van der Waals surface area contributed by atoms with Gasteiger partial charge >= 0.3 is 0 Å².